The topological polar surface area (TPSA) is 42.0 Å². The first-order valence-corrected chi connectivity index (χ1v) is 7.91. The van der Waals surface area contributed by atoms with Crippen LogP contribution in [0.4, 0.5) is 0 Å². The summed E-state index contributed by atoms with van der Waals surface area (Å²) in [6.07, 6.45) is 4.43. The fourth-order valence-electron chi connectivity index (χ4n) is 3.93. The van der Waals surface area contributed by atoms with Crippen LogP contribution in [0.1, 0.15) is 25.7 Å². The normalized spacial score (nSPS) is 32.6. The van der Waals surface area contributed by atoms with E-state index in [-0.39, 0.29) is 6.04 Å². The third-order valence-corrected chi connectivity index (χ3v) is 5.05. The van der Waals surface area contributed by atoms with E-state index in [0.717, 1.165) is 52.1 Å². The van der Waals surface area contributed by atoms with Gasteiger partial charge in [0.25, 0.3) is 0 Å². The zero-order chi connectivity index (χ0) is 13.9. The van der Waals surface area contributed by atoms with E-state index >= 15 is 0 Å². The van der Waals surface area contributed by atoms with Gasteiger partial charge < -0.3 is 14.4 Å². The second-order valence-corrected chi connectivity index (χ2v) is 6.26. The molecule has 114 valence electrons. The van der Waals surface area contributed by atoms with E-state index in [1.165, 1.54) is 6.42 Å². The first-order valence-electron chi connectivity index (χ1n) is 7.91. The molecule has 5 nitrogen and oxygen atoms in total. The molecule has 3 heterocycles. The number of fused-ring (bicyclic) bond motifs is 2. The Labute approximate surface area is 121 Å². The zero-order valence-electron chi connectivity index (χ0n) is 12.4. The molecule has 0 aromatic heterocycles. The van der Waals surface area contributed by atoms with Crippen molar-refractivity contribution in [2.24, 2.45) is 5.92 Å². The summed E-state index contributed by atoms with van der Waals surface area (Å²) in [4.78, 5) is 17.2. The Morgan fingerprint density at radius 3 is 2.85 bits per heavy atom. The predicted octanol–water partition coefficient (Wildman–Crippen LogP) is 0.735. The van der Waals surface area contributed by atoms with Crippen LogP contribution in [0.3, 0.4) is 0 Å². The summed E-state index contributed by atoms with van der Waals surface area (Å²) < 4.78 is 10.6. The highest BCUT2D eigenvalue weighted by atomic mass is 16.5. The molecule has 0 saturated carbocycles. The third-order valence-electron chi connectivity index (χ3n) is 5.05. The van der Waals surface area contributed by atoms with Crippen molar-refractivity contribution >= 4 is 5.91 Å². The number of amides is 1. The molecule has 0 aromatic rings. The molecule has 1 amide bonds. The number of hydrogen-bond acceptors (Lipinski definition) is 4. The maximum Gasteiger partial charge on any atom is 0.240 e. The molecule has 0 N–H and O–H groups in total. The molecule has 2 bridgehead atoms. The molecule has 0 aliphatic carbocycles. The van der Waals surface area contributed by atoms with Crippen LogP contribution in [-0.2, 0) is 14.3 Å². The zero-order valence-corrected chi connectivity index (χ0v) is 12.4. The van der Waals surface area contributed by atoms with E-state index < -0.39 is 0 Å². The summed E-state index contributed by atoms with van der Waals surface area (Å²) in [5, 5.41) is 0. The molecule has 0 radical (unpaired) electrons. The van der Waals surface area contributed by atoms with Crippen molar-refractivity contribution in [3.05, 3.63) is 0 Å². The fourth-order valence-corrected chi connectivity index (χ4v) is 3.93. The Kier molecular flexibility index (Phi) is 4.58. The molecule has 20 heavy (non-hydrogen) atoms. The molecular weight excluding hydrogens is 256 g/mol. The lowest BCUT2D eigenvalue weighted by Crippen LogP contribution is -2.62. The maximum atomic E-state index is 12.7. The Hall–Kier alpha value is -0.650. The lowest BCUT2D eigenvalue weighted by atomic mass is 9.84. The second-order valence-electron chi connectivity index (χ2n) is 6.26. The van der Waals surface area contributed by atoms with Gasteiger partial charge in [-0.2, -0.15) is 0 Å². The van der Waals surface area contributed by atoms with Crippen LogP contribution in [0.25, 0.3) is 0 Å². The summed E-state index contributed by atoms with van der Waals surface area (Å²) >= 11 is 0. The molecule has 5 heteroatoms. The van der Waals surface area contributed by atoms with Crippen LogP contribution in [-0.4, -0.2) is 74.4 Å². The van der Waals surface area contributed by atoms with E-state index in [9.17, 15) is 4.79 Å². The number of carbonyl (C=O) groups excluding carboxylic acids is 1. The lowest BCUT2D eigenvalue weighted by Gasteiger charge is -2.49. The molecule has 3 aliphatic rings. The molecule has 0 aromatic carbocycles. The molecular formula is C15H26N2O3. The summed E-state index contributed by atoms with van der Waals surface area (Å²) in [6.45, 7) is 5.09. The van der Waals surface area contributed by atoms with Crippen LogP contribution in [0, 0.1) is 5.92 Å². The monoisotopic (exact) mass is 282 g/mol. The summed E-state index contributed by atoms with van der Waals surface area (Å²) in [6, 6.07) is 0.656. The van der Waals surface area contributed by atoms with E-state index in [0.29, 0.717) is 24.5 Å². The summed E-state index contributed by atoms with van der Waals surface area (Å²) in [5.41, 5.74) is 0. The van der Waals surface area contributed by atoms with E-state index in [1.807, 2.05) is 4.90 Å². The van der Waals surface area contributed by atoms with Crippen LogP contribution >= 0.6 is 0 Å². The number of carbonyl (C=O) groups is 1. The van der Waals surface area contributed by atoms with Gasteiger partial charge in [-0.3, -0.25) is 9.69 Å². The first-order chi connectivity index (χ1) is 9.79. The predicted molar refractivity (Wildman–Crippen MR) is 75.5 cm³/mol. The molecule has 3 fully saturated rings. The van der Waals surface area contributed by atoms with Gasteiger partial charge in [-0.15, -0.1) is 0 Å². The maximum absolute atomic E-state index is 12.7. The number of ether oxygens (including phenoxy) is 2. The highest BCUT2D eigenvalue weighted by Gasteiger charge is 2.43. The fraction of sp³-hybridized carbons (Fsp3) is 0.933. The van der Waals surface area contributed by atoms with Gasteiger partial charge in [0.15, 0.2) is 0 Å². The number of hydrogen-bond donors (Lipinski definition) is 0. The Morgan fingerprint density at radius 2 is 2.10 bits per heavy atom. The smallest absolute Gasteiger partial charge is 0.240 e. The van der Waals surface area contributed by atoms with Gasteiger partial charge in [0.1, 0.15) is 0 Å². The van der Waals surface area contributed by atoms with Crippen molar-refractivity contribution in [3.8, 4) is 0 Å². The van der Waals surface area contributed by atoms with Crippen molar-refractivity contribution in [1.82, 2.24) is 9.80 Å². The molecule has 0 unspecified atom stereocenters. The highest BCUT2D eigenvalue weighted by molar-refractivity contribution is 5.83. The van der Waals surface area contributed by atoms with E-state index in [1.54, 1.807) is 7.11 Å². The Balaban J connectivity index is 1.67. The molecule has 3 aliphatic heterocycles. The van der Waals surface area contributed by atoms with Gasteiger partial charge in [0.05, 0.1) is 12.6 Å². The summed E-state index contributed by atoms with van der Waals surface area (Å²) in [7, 11) is 1.70. The van der Waals surface area contributed by atoms with Crippen molar-refractivity contribution in [2.45, 2.75) is 37.8 Å². The number of likely N-dealkylation sites (tertiary alicyclic amines) is 2. The largest absolute Gasteiger partial charge is 0.383 e. The Morgan fingerprint density at radius 1 is 1.30 bits per heavy atom. The van der Waals surface area contributed by atoms with Crippen LogP contribution in [0.15, 0.2) is 0 Å². The van der Waals surface area contributed by atoms with Crippen molar-refractivity contribution in [2.75, 3.05) is 46.6 Å². The molecule has 2 atom stereocenters. The van der Waals surface area contributed by atoms with Crippen molar-refractivity contribution in [3.63, 3.8) is 0 Å². The highest BCUT2D eigenvalue weighted by Crippen LogP contribution is 2.33. The van der Waals surface area contributed by atoms with Gasteiger partial charge >= 0.3 is 0 Å². The van der Waals surface area contributed by atoms with Gasteiger partial charge in [-0.05, 0) is 38.1 Å². The third kappa shape index (κ3) is 2.85. The minimum absolute atomic E-state index is 0.113. The van der Waals surface area contributed by atoms with E-state index in [4.69, 9.17) is 9.47 Å². The molecule has 3 rings (SSSR count). The van der Waals surface area contributed by atoms with Gasteiger partial charge in [-0.1, -0.05) is 0 Å². The van der Waals surface area contributed by atoms with Crippen molar-refractivity contribution in [1.29, 1.82) is 0 Å². The van der Waals surface area contributed by atoms with Crippen LogP contribution < -0.4 is 0 Å². The minimum Gasteiger partial charge on any atom is -0.383 e. The number of nitrogens with zero attached hydrogens (tertiary/aromatic N) is 2. The Bertz CT molecular complexity index is 344. The summed E-state index contributed by atoms with van der Waals surface area (Å²) in [5.74, 6) is 1.01. The minimum atomic E-state index is 0.113. The first kappa shape index (κ1) is 14.3. The molecule has 3 saturated heterocycles. The SMILES string of the molecule is COCCN1C[C@H]2CCN(C3CCOCC3)[C@H](C2)C1=O. The van der Waals surface area contributed by atoms with Gasteiger partial charge in [0.2, 0.25) is 5.91 Å². The number of piperidine rings is 2. The molecule has 0 spiro atoms. The van der Waals surface area contributed by atoms with Crippen LogP contribution in [0.2, 0.25) is 0 Å². The average Bonchev–Trinajstić information content (AvgIpc) is 2.50. The van der Waals surface area contributed by atoms with Gasteiger partial charge in [-0.25, -0.2) is 0 Å². The number of rotatable bonds is 4. The van der Waals surface area contributed by atoms with Gasteiger partial charge in [0, 0.05) is 39.5 Å². The average molecular weight is 282 g/mol. The second kappa shape index (κ2) is 6.41. The number of methoxy groups -OCH3 is 1. The van der Waals surface area contributed by atoms with Crippen molar-refractivity contribution < 1.29 is 14.3 Å². The lowest BCUT2D eigenvalue weighted by molar-refractivity contribution is -0.149. The van der Waals surface area contributed by atoms with Crippen LogP contribution in [0.5, 0.6) is 0 Å². The quantitative estimate of drug-likeness (QED) is 0.762. The standard InChI is InChI=1S/C15H26N2O3/c1-19-9-6-16-11-12-2-5-17(14(10-12)15(16)18)13-3-7-20-8-4-13/h12-14H,2-11H2,1H3/t12-,14+/m0/s1. The van der Waals surface area contributed by atoms with E-state index in [2.05, 4.69) is 4.90 Å².